The maximum Gasteiger partial charge on any atom is 0.261 e. The van der Waals surface area contributed by atoms with Crippen LogP contribution in [0.3, 0.4) is 0 Å². The molecule has 3 aliphatic heterocycles. The average molecular weight is 633 g/mol. The molecule has 3 aliphatic rings. The summed E-state index contributed by atoms with van der Waals surface area (Å²) >= 11 is 6.00. The largest absolute Gasteiger partial charge is 0.454 e. The van der Waals surface area contributed by atoms with Gasteiger partial charge in [-0.3, -0.25) is 14.3 Å². The summed E-state index contributed by atoms with van der Waals surface area (Å²) in [6.07, 6.45) is 0.951. The Morgan fingerprint density at radius 3 is 2.59 bits per heavy atom. The highest BCUT2D eigenvalue weighted by Crippen LogP contribution is 2.40. The zero-order chi connectivity index (χ0) is 30.4. The zero-order valence-corrected chi connectivity index (χ0v) is 25.1. The fourth-order valence-corrected chi connectivity index (χ4v) is 7.47. The van der Waals surface area contributed by atoms with Gasteiger partial charge in [0.2, 0.25) is 6.79 Å². The van der Waals surface area contributed by atoms with E-state index in [0.29, 0.717) is 53.1 Å². The normalized spacial score (nSPS) is 18.4. The molecule has 0 saturated carbocycles. The number of nitrogens with zero attached hydrogens (tertiary/aromatic N) is 2. The van der Waals surface area contributed by atoms with Gasteiger partial charge in [0.1, 0.15) is 0 Å². The minimum absolute atomic E-state index is 0.00169. The molecule has 7 rings (SSSR count). The number of benzene rings is 3. The molecule has 44 heavy (non-hydrogen) atoms. The van der Waals surface area contributed by atoms with E-state index in [1.54, 1.807) is 36.4 Å². The van der Waals surface area contributed by atoms with Gasteiger partial charge in [0.25, 0.3) is 21.5 Å². The fraction of sp³-hybridized carbons (Fsp3) is 0.250. The highest BCUT2D eigenvalue weighted by Gasteiger charge is 2.35. The lowest BCUT2D eigenvalue weighted by atomic mass is 9.83. The number of nitrogens with one attached hydrogen (secondary N) is 2. The Morgan fingerprint density at radius 1 is 0.932 bits per heavy atom. The molecule has 12 heteroatoms. The molecule has 2 atom stereocenters. The summed E-state index contributed by atoms with van der Waals surface area (Å²) in [6.45, 7) is 2.26. The van der Waals surface area contributed by atoms with Gasteiger partial charge in [-0.15, -0.1) is 0 Å². The van der Waals surface area contributed by atoms with Gasteiger partial charge in [-0.25, -0.2) is 8.42 Å². The van der Waals surface area contributed by atoms with E-state index in [4.69, 9.17) is 21.1 Å². The van der Waals surface area contributed by atoms with E-state index in [9.17, 15) is 18.0 Å². The minimum atomic E-state index is -4.01. The number of carbonyl (C=O) groups excluding carboxylic acids is 1. The van der Waals surface area contributed by atoms with Crippen molar-refractivity contribution in [3.05, 3.63) is 111 Å². The molecule has 226 valence electrons. The Kier molecular flexibility index (Phi) is 7.22. The van der Waals surface area contributed by atoms with E-state index in [1.807, 2.05) is 22.8 Å². The van der Waals surface area contributed by atoms with E-state index >= 15 is 0 Å². The Bertz CT molecular complexity index is 1930. The quantitative estimate of drug-likeness (QED) is 0.306. The average Bonchev–Trinajstić information content (AvgIpc) is 3.48. The molecule has 3 aromatic carbocycles. The van der Waals surface area contributed by atoms with Crippen LogP contribution in [0.1, 0.15) is 34.0 Å². The monoisotopic (exact) mass is 632 g/mol. The van der Waals surface area contributed by atoms with Gasteiger partial charge in [-0.1, -0.05) is 23.7 Å². The standard InChI is InChI=1S/C32H29ClN4O6S/c33-24-6-8-25(9-7-24)44(40,41)35-26-14-22(32(39)34-15-20-4-11-29-30(13-20)43-19-42-29)5-10-28(26)36-16-21-12-23(18-36)27-2-1-3-31(38)37(27)17-21/h1-11,13-14,21,23,35H,12,15-19H2,(H,34,39). The summed E-state index contributed by atoms with van der Waals surface area (Å²) in [5, 5.41) is 3.33. The van der Waals surface area contributed by atoms with Crippen molar-refractivity contribution in [2.75, 3.05) is 29.5 Å². The molecule has 2 bridgehead atoms. The van der Waals surface area contributed by atoms with E-state index in [2.05, 4.69) is 14.9 Å². The molecule has 4 aromatic rings. The smallest absolute Gasteiger partial charge is 0.261 e. The molecule has 0 radical (unpaired) electrons. The van der Waals surface area contributed by atoms with Gasteiger partial charge in [0, 0.05) is 54.4 Å². The van der Waals surface area contributed by atoms with Crippen LogP contribution in [-0.4, -0.2) is 38.8 Å². The molecule has 2 unspecified atom stereocenters. The predicted octanol–water partition coefficient (Wildman–Crippen LogP) is 4.58. The van der Waals surface area contributed by atoms with E-state index in [-0.39, 0.29) is 41.5 Å². The van der Waals surface area contributed by atoms with Crippen LogP contribution in [0.25, 0.3) is 0 Å². The van der Waals surface area contributed by atoms with Crippen LogP contribution in [0.15, 0.2) is 88.6 Å². The number of carbonyl (C=O) groups is 1. The highest BCUT2D eigenvalue weighted by molar-refractivity contribution is 7.92. The third kappa shape index (κ3) is 5.48. The van der Waals surface area contributed by atoms with E-state index in [1.165, 1.54) is 24.3 Å². The van der Waals surface area contributed by atoms with Crippen molar-refractivity contribution < 1.29 is 22.7 Å². The van der Waals surface area contributed by atoms with Crippen molar-refractivity contribution in [1.82, 2.24) is 9.88 Å². The van der Waals surface area contributed by atoms with Crippen LogP contribution in [0, 0.1) is 5.92 Å². The van der Waals surface area contributed by atoms with Crippen LogP contribution < -0.4 is 30.0 Å². The van der Waals surface area contributed by atoms with Crippen molar-refractivity contribution in [3.63, 3.8) is 0 Å². The second-order valence-corrected chi connectivity index (χ2v) is 13.4. The van der Waals surface area contributed by atoms with Gasteiger partial charge in [0.15, 0.2) is 11.5 Å². The van der Waals surface area contributed by atoms with Crippen LogP contribution in [0.2, 0.25) is 5.02 Å². The topological polar surface area (TPSA) is 119 Å². The Labute approximate surface area is 259 Å². The molecule has 4 heterocycles. The highest BCUT2D eigenvalue weighted by atomic mass is 35.5. The molecule has 1 saturated heterocycles. The number of amides is 1. The van der Waals surface area contributed by atoms with Crippen molar-refractivity contribution in [2.24, 2.45) is 5.92 Å². The SMILES string of the molecule is O=C(NCc1ccc2c(c1)OCO2)c1ccc(N2CC3CC(C2)c2cccc(=O)n2C3)c(NS(=O)(=O)c2ccc(Cl)cc2)c1. The van der Waals surface area contributed by atoms with Gasteiger partial charge < -0.3 is 24.3 Å². The zero-order valence-electron chi connectivity index (χ0n) is 23.5. The first-order chi connectivity index (χ1) is 21.2. The summed E-state index contributed by atoms with van der Waals surface area (Å²) in [7, 11) is -4.01. The van der Waals surface area contributed by atoms with Crippen molar-refractivity contribution >= 4 is 38.9 Å². The third-order valence-electron chi connectivity index (χ3n) is 8.34. The molecular weight excluding hydrogens is 604 g/mol. The number of sulfonamides is 1. The lowest BCUT2D eigenvalue weighted by Crippen LogP contribution is -2.47. The number of halogens is 1. The Hall–Kier alpha value is -4.48. The van der Waals surface area contributed by atoms with Crippen molar-refractivity contribution in [1.29, 1.82) is 0 Å². The van der Waals surface area contributed by atoms with Crippen LogP contribution in [0.4, 0.5) is 11.4 Å². The summed E-state index contributed by atoms with van der Waals surface area (Å²) in [6, 6.07) is 21.8. The second-order valence-electron chi connectivity index (χ2n) is 11.3. The number of aromatic nitrogens is 1. The summed E-state index contributed by atoms with van der Waals surface area (Å²) in [4.78, 5) is 28.0. The molecule has 0 aliphatic carbocycles. The summed E-state index contributed by atoms with van der Waals surface area (Å²) < 4.78 is 42.4. The molecule has 2 N–H and O–H groups in total. The van der Waals surface area contributed by atoms with Gasteiger partial charge in [-0.05, 0) is 78.6 Å². The molecular formula is C32H29ClN4O6S. The van der Waals surface area contributed by atoms with Crippen LogP contribution >= 0.6 is 11.6 Å². The molecule has 0 spiro atoms. The third-order valence-corrected chi connectivity index (χ3v) is 9.97. The van der Waals surface area contributed by atoms with Crippen LogP contribution in [-0.2, 0) is 23.1 Å². The molecule has 1 aromatic heterocycles. The first kappa shape index (κ1) is 28.3. The lowest BCUT2D eigenvalue weighted by molar-refractivity contribution is 0.0951. The van der Waals surface area contributed by atoms with Crippen molar-refractivity contribution in [2.45, 2.75) is 30.3 Å². The number of anilines is 2. The van der Waals surface area contributed by atoms with Gasteiger partial charge in [-0.2, -0.15) is 0 Å². The predicted molar refractivity (Wildman–Crippen MR) is 166 cm³/mol. The lowest BCUT2D eigenvalue weighted by Gasteiger charge is -2.44. The maximum absolute atomic E-state index is 13.5. The fourth-order valence-electron chi connectivity index (χ4n) is 6.28. The Balaban J connectivity index is 1.18. The first-order valence-electron chi connectivity index (χ1n) is 14.3. The number of pyridine rings is 1. The van der Waals surface area contributed by atoms with Crippen molar-refractivity contribution in [3.8, 4) is 11.5 Å². The molecule has 1 amide bonds. The summed E-state index contributed by atoms with van der Waals surface area (Å²) in [5.41, 5.74) is 3.08. The van der Waals surface area contributed by atoms with Gasteiger partial charge >= 0.3 is 0 Å². The van der Waals surface area contributed by atoms with E-state index in [0.717, 1.165) is 17.7 Å². The number of hydrogen-bond donors (Lipinski definition) is 2. The minimum Gasteiger partial charge on any atom is -0.454 e. The maximum atomic E-state index is 13.5. The molecule has 10 nitrogen and oxygen atoms in total. The second kappa shape index (κ2) is 11.2. The van der Waals surface area contributed by atoms with E-state index < -0.39 is 10.0 Å². The number of fused-ring (bicyclic) bond motifs is 5. The number of piperidine rings is 1. The molecule has 1 fully saturated rings. The number of hydrogen-bond acceptors (Lipinski definition) is 7. The van der Waals surface area contributed by atoms with Crippen LogP contribution in [0.5, 0.6) is 11.5 Å². The number of rotatable bonds is 7. The van der Waals surface area contributed by atoms with Gasteiger partial charge in [0.05, 0.1) is 16.3 Å². The first-order valence-corrected chi connectivity index (χ1v) is 16.1. The Morgan fingerprint density at radius 2 is 1.75 bits per heavy atom. The summed E-state index contributed by atoms with van der Waals surface area (Å²) in [5.74, 6) is 1.25. The number of ether oxygens (including phenoxy) is 2.